The largest absolute Gasteiger partial charge is 0.497 e. The summed E-state index contributed by atoms with van der Waals surface area (Å²) in [6, 6.07) is 10.1. The van der Waals surface area contributed by atoms with Crippen LogP contribution < -0.4 is 29.6 Å². The highest BCUT2D eigenvalue weighted by Gasteiger charge is 2.28. The molecule has 1 aliphatic rings. The van der Waals surface area contributed by atoms with E-state index in [4.69, 9.17) is 18.9 Å². The molecule has 0 amide bonds. The number of anilines is 2. The average molecular weight is 358 g/mol. The molecule has 0 fully saturated rings. The quantitative estimate of drug-likeness (QED) is 0.811. The summed E-state index contributed by atoms with van der Waals surface area (Å²) in [5, 5.41) is 7.13. The van der Waals surface area contributed by atoms with Crippen molar-refractivity contribution in [2.24, 2.45) is 0 Å². The molecule has 1 aliphatic heterocycles. The van der Waals surface area contributed by atoms with Crippen molar-refractivity contribution in [2.45, 2.75) is 25.4 Å². The van der Waals surface area contributed by atoms with Crippen molar-refractivity contribution in [3.05, 3.63) is 35.9 Å². The smallest absolute Gasteiger partial charge is 0.146 e. The highest BCUT2D eigenvalue weighted by atomic mass is 16.5. The molecule has 6 heteroatoms. The van der Waals surface area contributed by atoms with Gasteiger partial charge in [-0.1, -0.05) is 0 Å². The van der Waals surface area contributed by atoms with Crippen LogP contribution in [-0.4, -0.2) is 34.5 Å². The fourth-order valence-electron chi connectivity index (χ4n) is 3.35. The monoisotopic (exact) mass is 358 g/mol. The van der Waals surface area contributed by atoms with Gasteiger partial charge in [-0.05, 0) is 31.5 Å². The van der Waals surface area contributed by atoms with E-state index in [0.717, 1.165) is 46.4 Å². The third kappa shape index (κ3) is 3.45. The zero-order chi connectivity index (χ0) is 18.7. The Balaban J connectivity index is 2.00. The Morgan fingerprint density at radius 3 is 2.23 bits per heavy atom. The molecule has 2 N–H and O–H groups in total. The number of rotatable bonds is 6. The van der Waals surface area contributed by atoms with E-state index in [1.54, 1.807) is 28.4 Å². The predicted molar refractivity (Wildman–Crippen MR) is 103 cm³/mol. The maximum atomic E-state index is 5.57. The van der Waals surface area contributed by atoms with Crippen molar-refractivity contribution < 1.29 is 18.9 Å². The standard InChI is InChI=1S/C20H26N2O4/c1-12-8-17(22-16-7-6-13(23-2)10-18(16)25-4)15-9-14(24-3)11-19(26-5)20(15)21-12/h6-7,9-12,17,21-22H,8H2,1-5H3. The number of fused-ring (bicyclic) bond motifs is 1. The predicted octanol–water partition coefficient (Wildman–Crippen LogP) is 4.08. The summed E-state index contributed by atoms with van der Waals surface area (Å²) in [5.74, 6) is 3.05. The number of benzene rings is 2. The molecule has 0 saturated carbocycles. The summed E-state index contributed by atoms with van der Waals surface area (Å²) in [6.45, 7) is 2.16. The first kappa shape index (κ1) is 18.0. The van der Waals surface area contributed by atoms with Gasteiger partial charge < -0.3 is 29.6 Å². The van der Waals surface area contributed by atoms with Crippen molar-refractivity contribution in [1.82, 2.24) is 0 Å². The minimum Gasteiger partial charge on any atom is -0.497 e. The van der Waals surface area contributed by atoms with Gasteiger partial charge in [-0.2, -0.15) is 0 Å². The Morgan fingerprint density at radius 1 is 0.885 bits per heavy atom. The van der Waals surface area contributed by atoms with Gasteiger partial charge in [0, 0.05) is 23.7 Å². The van der Waals surface area contributed by atoms with E-state index in [1.165, 1.54) is 0 Å². The van der Waals surface area contributed by atoms with E-state index in [1.807, 2.05) is 30.3 Å². The SMILES string of the molecule is COc1ccc(NC2CC(C)Nc3c(OC)cc(OC)cc32)c(OC)c1. The molecule has 0 radical (unpaired) electrons. The molecule has 26 heavy (non-hydrogen) atoms. The fraction of sp³-hybridized carbons (Fsp3) is 0.400. The second kappa shape index (κ2) is 7.64. The summed E-state index contributed by atoms with van der Waals surface area (Å²) in [4.78, 5) is 0. The van der Waals surface area contributed by atoms with Crippen LogP contribution in [0.4, 0.5) is 11.4 Å². The highest BCUT2D eigenvalue weighted by molar-refractivity contribution is 5.70. The molecule has 3 rings (SSSR count). The lowest BCUT2D eigenvalue weighted by Gasteiger charge is -2.34. The molecule has 0 saturated heterocycles. The highest BCUT2D eigenvalue weighted by Crippen LogP contribution is 2.44. The number of hydrogen-bond acceptors (Lipinski definition) is 6. The fourth-order valence-corrected chi connectivity index (χ4v) is 3.35. The zero-order valence-electron chi connectivity index (χ0n) is 15.9. The van der Waals surface area contributed by atoms with Gasteiger partial charge in [0.25, 0.3) is 0 Å². The summed E-state index contributed by atoms with van der Waals surface area (Å²) in [5.41, 5.74) is 3.02. The van der Waals surface area contributed by atoms with Crippen molar-refractivity contribution in [3.63, 3.8) is 0 Å². The minimum atomic E-state index is 0.0903. The zero-order valence-corrected chi connectivity index (χ0v) is 15.9. The second-order valence-electron chi connectivity index (χ2n) is 6.34. The first-order chi connectivity index (χ1) is 12.6. The summed E-state index contributed by atoms with van der Waals surface area (Å²) >= 11 is 0. The summed E-state index contributed by atoms with van der Waals surface area (Å²) in [6.07, 6.45) is 0.915. The molecular formula is C20H26N2O4. The molecule has 1 heterocycles. The van der Waals surface area contributed by atoms with Gasteiger partial charge in [0.05, 0.1) is 45.9 Å². The van der Waals surface area contributed by atoms with E-state index >= 15 is 0 Å². The van der Waals surface area contributed by atoms with Crippen molar-refractivity contribution in [3.8, 4) is 23.0 Å². The van der Waals surface area contributed by atoms with Crippen LogP contribution >= 0.6 is 0 Å². The topological polar surface area (TPSA) is 61.0 Å². The number of ether oxygens (including phenoxy) is 4. The van der Waals surface area contributed by atoms with E-state index in [-0.39, 0.29) is 6.04 Å². The third-order valence-electron chi connectivity index (χ3n) is 4.66. The van der Waals surface area contributed by atoms with Crippen LogP contribution in [-0.2, 0) is 0 Å². The Kier molecular flexibility index (Phi) is 5.30. The molecule has 140 valence electrons. The van der Waals surface area contributed by atoms with Gasteiger partial charge in [-0.15, -0.1) is 0 Å². The Hall–Kier alpha value is -2.76. The lowest BCUT2D eigenvalue weighted by atomic mass is 9.92. The van der Waals surface area contributed by atoms with E-state index in [0.29, 0.717) is 6.04 Å². The van der Waals surface area contributed by atoms with Gasteiger partial charge in [0.2, 0.25) is 0 Å². The molecule has 2 aromatic carbocycles. The number of nitrogens with one attached hydrogen (secondary N) is 2. The van der Waals surface area contributed by atoms with Crippen molar-refractivity contribution in [1.29, 1.82) is 0 Å². The Bertz CT molecular complexity index is 779. The first-order valence-electron chi connectivity index (χ1n) is 8.60. The van der Waals surface area contributed by atoms with Crippen molar-refractivity contribution >= 4 is 11.4 Å². The average Bonchev–Trinajstić information content (AvgIpc) is 2.67. The Morgan fingerprint density at radius 2 is 1.58 bits per heavy atom. The molecule has 2 aromatic rings. The second-order valence-corrected chi connectivity index (χ2v) is 6.34. The third-order valence-corrected chi connectivity index (χ3v) is 4.66. The molecule has 0 bridgehead atoms. The van der Waals surface area contributed by atoms with E-state index in [9.17, 15) is 0 Å². The van der Waals surface area contributed by atoms with Crippen LogP contribution in [0.2, 0.25) is 0 Å². The first-order valence-corrected chi connectivity index (χ1v) is 8.60. The van der Waals surface area contributed by atoms with Gasteiger partial charge >= 0.3 is 0 Å². The Labute approximate surface area is 154 Å². The van der Waals surface area contributed by atoms with Crippen LogP contribution in [0.15, 0.2) is 30.3 Å². The molecule has 6 nitrogen and oxygen atoms in total. The van der Waals surface area contributed by atoms with Gasteiger partial charge in [-0.3, -0.25) is 0 Å². The van der Waals surface area contributed by atoms with Crippen LogP contribution in [0, 0.1) is 0 Å². The van der Waals surface area contributed by atoms with Crippen LogP contribution in [0.1, 0.15) is 24.9 Å². The molecule has 2 atom stereocenters. The lowest BCUT2D eigenvalue weighted by molar-refractivity contribution is 0.391. The number of hydrogen-bond donors (Lipinski definition) is 2. The van der Waals surface area contributed by atoms with Gasteiger partial charge in [-0.25, -0.2) is 0 Å². The summed E-state index contributed by atoms with van der Waals surface area (Å²) in [7, 11) is 6.64. The molecule has 2 unspecified atom stereocenters. The molecule has 0 aromatic heterocycles. The van der Waals surface area contributed by atoms with Crippen LogP contribution in [0.5, 0.6) is 23.0 Å². The maximum Gasteiger partial charge on any atom is 0.146 e. The van der Waals surface area contributed by atoms with Crippen LogP contribution in [0.3, 0.4) is 0 Å². The van der Waals surface area contributed by atoms with Crippen LogP contribution in [0.25, 0.3) is 0 Å². The van der Waals surface area contributed by atoms with Crippen molar-refractivity contribution in [2.75, 3.05) is 39.1 Å². The van der Waals surface area contributed by atoms with E-state index in [2.05, 4.69) is 17.6 Å². The minimum absolute atomic E-state index is 0.0903. The molecule has 0 spiro atoms. The molecule has 0 aliphatic carbocycles. The summed E-state index contributed by atoms with van der Waals surface area (Å²) < 4.78 is 21.8. The van der Waals surface area contributed by atoms with E-state index < -0.39 is 0 Å². The van der Waals surface area contributed by atoms with Gasteiger partial charge in [0.15, 0.2) is 0 Å². The normalized spacial score (nSPS) is 18.3. The number of methoxy groups -OCH3 is 4. The maximum absolute atomic E-state index is 5.57. The molecular weight excluding hydrogens is 332 g/mol. The van der Waals surface area contributed by atoms with Gasteiger partial charge in [0.1, 0.15) is 23.0 Å². The lowest BCUT2D eigenvalue weighted by Crippen LogP contribution is -2.29.